The molecule has 0 aliphatic carbocycles. The van der Waals surface area contributed by atoms with Crippen molar-refractivity contribution in [3.8, 4) is 0 Å². The fraction of sp³-hybridized carbons (Fsp3) is 0.545. The van der Waals surface area contributed by atoms with Crippen LogP contribution < -0.4 is 0 Å². The van der Waals surface area contributed by atoms with E-state index in [1.165, 1.54) is 0 Å². The maximum Gasteiger partial charge on any atom is 0.324 e. The van der Waals surface area contributed by atoms with Gasteiger partial charge >= 0.3 is 6.03 Å². The minimum Gasteiger partial charge on any atom is -0.490 e. The van der Waals surface area contributed by atoms with Crippen molar-refractivity contribution in [3.63, 3.8) is 0 Å². The van der Waals surface area contributed by atoms with Crippen LogP contribution in [0.5, 0.6) is 0 Å². The van der Waals surface area contributed by atoms with Crippen LogP contribution in [-0.4, -0.2) is 65.0 Å². The highest BCUT2D eigenvalue weighted by molar-refractivity contribution is 6.29. The SMILES string of the molecule is CC1=C(/C=C(\C)Cl)OCC(C)N1C(=O)N1CC(C)(CN(C)Cc2ccccn2)C1. The number of urea groups is 1. The second-order valence-electron chi connectivity index (χ2n) is 8.65. The number of allylic oxidation sites excluding steroid dienone is 3. The predicted molar refractivity (Wildman–Crippen MR) is 115 cm³/mol. The molecule has 1 aromatic heterocycles. The Morgan fingerprint density at radius 3 is 2.79 bits per heavy atom. The minimum absolute atomic E-state index is 0.00559. The summed E-state index contributed by atoms with van der Waals surface area (Å²) in [6.45, 7) is 11.6. The monoisotopic (exact) mass is 418 g/mol. The van der Waals surface area contributed by atoms with Gasteiger partial charge in [0.05, 0.1) is 17.4 Å². The minimum atomic E-state index is -0.00559. The molecule has 0 N–H and O–H groups in total. The van der Waals surface area contributed by atoms with E-state index in [1.807, 2.05) is 48.0 Å². The second-order valence-corrected chi connectivity index (χ2v) is 9.25. The fourth-order valence-electron chi connectivity index (χ4n) is 4.24. The van der Waals surface area contributed by atoms with Gasteiger partial charge in [-0.05, 0) is 46.0 Å². The van der Waals surface area contributed by atoms with Crippen LogP contribution in [0.2, 0.25) is 0 Å². The van der Waals surface area contributed by atoms with Gasteiger partial charge in [-0.1, -0.05) is 24.6 Å². The first-order valence-electron chi connectivity index (χ1n) is 10.0. The first-order valence-corrected chi connectivity index (χ1v) is 10.4. The van der Waals surface area contributed by atoms with Crippen molar-refractivity contribution in [2.75, 3.05) is 33.3 Å². The molecule has 3 rings (SSSR count). The van der Waals surface area contributed by atoms with E-state index in [-0.39, 0.29) is 17.5 Å². The van der Waals surface area contributed by atoms with Gasteiger partial charge < -0.3 is 9.64 Å². The number of hydrogen-bond acceptors (Lipinski definition) is 4. The van der Waals surface area contributed by atoms with E-state index in [0.29, 0.717) is 17.4 Å². The van der Waals surface area contributed by atoms with E-state index in [2.05, 4.69) is 23.9 Å². The number of aromatic nitrogens is 1. The van der Waals surface area contributed by atoms with Gasteiger partial charge in [0.2, 0.25) is 0 Å². The lowest BCUT2D eigenvalue weighted by Crippen LogP contribution is -2.64. The van der Waals surface area contributed by atoms with Crippen molar-refractivity contribution < 1.29 is 9.53 Å². The molecule has 0 spiro atoms. The summed E-state index contributed by atoms with van der Waals surface area (Å²) in [6, 6.07) is 6.02. The molecule has 1 atom stereocenters. The molecule has 29 heavy (non-hydrogen) atoms. The van der Waals surface area contributed by atoms with Crippen LogP contribution >= 0.6 is 11.6 Å². The van der Waals surface area contributed by atoms with Gasteiger partial charge in [-0.3, -0.25) is 14.8 Å². The molecule has 1 fully saturated rings. The fourth-order valence-corrected chi connectivity index (χ4v) is 4.34. The summed E-state index contributed by atoms with van der Waals surface area (Å²) in [7, 11) is 2.11. The molecule has 2 aliphatic heterocycles. The molecule has 0 bridgehead atoms. The number of ether oxygens (including phenoxy) is 1. The highest BCUT2D eigenvalue weighted by atomic mass is 35.5. The van der Waals surface area contributed by atoms with Crippen molar-refractivity contribution in [2.45, 2.75) is 40.3 Å². The number of hydrogen-bond donors (Lipinski definition) is 0. The lowest BCUT2D eigenvalue weighted by molar-refractivity contribution is -0.000352. The van der Waals surface area contributed by atoms with E-state index in [1.54, 1.807) is 13.0 Å². The third kappa shape index (κ3) is 5.11. The van der Waals surface area contributed by atoms with Crippen LogP contribution in [0.3, 0.4) is 0 Å². The lowest BCUT2D eigenvalue weighted by atomic mass is 9.81. The van der Waals surface area contributed by atoms with E-state index >= 15 is 0 Å². The third-order valence-corrected chi connectivity index (χ3v) is 5.51. The summed E-state index contributed by atoms with van der Waals surface area (Å²) in [5.74, 6) is 0.669. The molecule has 6 nitrogen and oxygen atoms in total. The summed E-state index contributed by atoms with van der Waals surface area (Å²) in [4.78, 5) is 23.6. The van der Waals surface area contributed by atoms with Gasteiger partial charge in [0.15, 0.2) is 0 Å². The Labute approximate surface area is 178 Å². The largest absolute Gasteiger partial charge is 0.490 e. The Bertz CT molecular complexity index is 798. The van der Waals surface area contributed by atoms with Gasteiger partial charge in [0, 0.05) is 42.8 Å². The number of carbonyl (C=O) groups is 1. The molecule has 7 heteroatoms. The summed E-state index contributed by atoms with van der Waals surface area (Å²) >= 11 is 6.01. The number of rotatable bonds is 5. The molecule has 2 aliphatic rings. The molecule has 2 amide bonds. The van der Waals surface area contributed by atoms with E-state index < -0.39 is 0 Å². The van der Waals surface area contributed by atoms with Gasteiger partial charge in [-0.2, -0.15) is 0 Å². The highest BCUT2D eigenvalue weighted by Crippen LogP contribution is 2.34. The van der Waals surface area contributed by atoms with Crippen LogP contribution in [0, 0.1) is 5.41 Å². The van der Waals surface area contributed by atoms with Crippen molar-refractivity contribution in [1.29, 1.82) is 0 Å². The molecule has 1 aromatic rings. The Morgan fingerprint density at radius 1 is 1.45 bits per heavy atom. The molecule has 158 valence electrons. The zero-order valence-corrected chi connectivity index (χ0v) is 18.7. The Hall–Kier alpha value is -2.05. The zero-order valence-electron chi connectivity index (χ0n) is 18.0. The standard InChI is InChI=1S/C22H31ClN4O2/c1-16(23)10-20-18(3)27(17(2)12-29-20)21(28)26-14-22(4,15-26)13-25(5)11-19-8-6-7-9-24-19/h6-10,17H,11-15H2,1-5H3/b16-10+. The molecule has 0 radical (unpaired) electrons. The molecule has 3 heterocycles. The Kier molecular flexibility index (Phi) is 6.54. The van der Waals surface area contributed by atoms with Gasteiger partial charge in [0.1, 0.15) is 12.4 Å². The van der Waals surface area contributed by atoms with Crippen molar-refractivity contribution in [3.05, 3.63) is 52.7 Å². The summed E-state index contributed by atoms with van der Waals surface area (Å²) < 4.78 is 5.77. The zero-order chi connectivity index (χ0) is 21.2. The van der Waals surface area contributed by atoms with Gasteiger partial charge in [-0.15, -0.1) is 0 Å². The first-order chi connectivity index (χ1) is 13.7. The maximum absolute atomic E-state index is 13.2. The summed E-state index contributed by atoms with van der Waals surface area (Å²) in [5, 5.41) is 0.633. The molecule has 1 unspecified atom stereocenters. The van der Waals surface area contributed by atoms with E-state index in [0.717, 1.165) is 37.6 Å². The second kappa shape index (κ2) is 8.76. The third-order valence-electron chi connectivity index (χ3n) is 5.40. The average molecular weight is 419 g/mol. The van der Waals surface area contributed by atoms with E-state index in [4.69, 9.17) is 16.3 Å². The molecule has 0 saturated carbocycles. The van der Waals surface area contributed by atoms with Crippen molar-refractivity contribution in [1.82, 2.24) is 19.7 Å². The van der Waals surface area contributed by atoms with Crippen LogP contribution in [-0.2, 0) is 11.3 Å². The van der Waals surface area contributed by atoms with Crippen LogP contribution in [0.4, 0.5) is 4.79 Å². The van der Waals surface area contributed by atoms with Crippen LogP contribution in [0.1, 0.15) is 33.4 Å². The first kappa shape index (κ1) is 21.7. The number of amides is 2. The molecule has 0 aromatic carbocycles. The van der Waals surface area contributed by atoms with Crippen LogP contribution in [0.15, 0.2) is 47.0 Å². The van der Waals surface area contributed by atoms with Crippen molar-refractivity contribution in [2.24, 2.45) is 5.41 Å². The quantitative estimate of drug-likeness (QED) is 0.723. The van der Waals surface area contributed by atoms with Crippen molar-refractivity contribution >= 4 is 17.6 Å². The lowest BCUT2D eigenvalue weighted by Gasteiger charge is -2.51. The Morgan fingerprint density at radius 2 is 2.17 bits per heavy atom. The van der Waals surface area contributed by atoms with Gasteiger partial charge in [0.25, 0.3) is 0 Å². The summed E-state index contributed by atoms with van der Waals surface area (Å²) in [6.07, 6.45) is 3.60. The smallest absolute Gasteiger partial charge is 0.324 e. The predicted octanol–water partition coefficient (Wildman–Crippen LogP) is 4.05. The molecular weight excluding hydrogens is 388 g/mol. The number of pyridine rings is 1. The summed E-state index contributed by atoms with van der Waals surface area (Å²) in [5.41, 5.74) is 1.96. The van der Waals surface area contributed by atoms with Gasteiger partial charge in [-0.25, -0.2) is 4.79 Å². The van der Waals surface area contributed by atoms with Crippen LogP contribution in [0.25, 0.3) is 0 Å². The number of carbonyl (C=O) groups excluding carboxylic acids is 1. The number of nitrogens with zero attached hydrogens (tertiary/aromatic N) is 4. The van der Waals surface area contributed by atoms with E-state index in [9.17, 15) is 4.79 Å². The highest BCUT2D eigenvalue weighted by Gasteiger charge is 2.45. The molecular formula is C22H31ClN4O2. The topological polar surface area (TPSA) is 48.9 Å². The maximum atomic E-state index is 13.2. The normalized spacial score (nSPS) is 21.9. The number of halogens is 1. The Balaban J connectivity index is 1.60. The average Bonchev–Trinajstić information content (AvgIpc) is 2.62. The number of likely N-dealkylation sites (tertiary alicyclic amines) is 1. The molecule has 1 saturated heterocycles.